The summed E-state index contributed by atoms with van der Waals surface area (Å²) in [5, 5.41) is 12.3. The fourth-order valence-corrected chi connectivity index (χ4v) is 6.35. The first-order valence-electron chi connectivity index (χ1n) is 10.0. The largest absolute Gasteiger partial charge is 0.473 e. The van der Waals surface area contributed by atoms with Crippen molar-refractivity contribution in [2.24, 2.45) is 0 Å². The number of aryl methyl sites for hydroxylation is 1. The number of fused-ring (bicyclic) bond motifs is 1. The number of sulfonamides is 1. The minimum atomic E-state index is -3.75. The van der Waals surface area contributed by atoms with Crippen LogP contribution < -0.4 is 4.74 Å². The van der Waals surface area contributed by atoms with E-state index in [0.29, 0.717) is 29.3 Å². The van der Waals surface area contributed by atoms with Gasteiger partial charge in [-0.15, -0.1) is 11.3 Å². The van der Waals surface area contributed by atoms with Crippen LogP contribution in [-0.2, 0) is 14.8 Å². The number of hydroxylamine groups is 2. The number of amides is 1. The first kappa shape index (κ1) is 22.5. The van der Waals surface area contributed by atoms with Crippen LogP contribution >= 0.6 is 11.3 Å². The number of carbonyl (C=O) groups is 1. The smallest absolute Gasteiger partial charge is 0.235 e. The summed E-state index contributed by atoms with van der Waals surface area (Å²) in [4.78, 5) is 23.6. The number of nitrogens with zero attached hydrogens (tertiary/aromatic N) is 5. The molecule has 1 N–H and O–H groups in total. The third-order valence-electron chi connectivity index (χ3n) is 5.44. The van der Waals surface area contributed by atoms with Gasteiger partial charge < -0.3 is 4.74 Å². The van der Waals surface area contributed by atoms with Crippen molar-refractivity contribution < 1.29 is 23.2 Å². The Morgan fingerprint density at radius 3 is 2.84 bits per heavy atom. The molecule has 1 amide bonds. The summed E-state index contributed by atoms with van der Waals surface area (Å²) in [5.41, 5.74) is 2.36. The lowest BCUT2D eigenvalue weighted by Gasteiger charge is -2.32. The Kier molecular flexibility index (Phi) is 6.65. The van der Waals surface area contributed by atoms with Crippen molar-refractivity contribution in [1.82, 2.24) is 24.3 Å². The minimum absolute atomic E-state index is 0.166. The topological polar surface area (TPSA) is 126 Å². The molecule has 170 valence electrons. The minimum Gasteiger partial charge on any atom is -0.473 e. The van der Waals surface area contributed by atoms with Crippen LogP contribution in [0.3, 0.4) is 0 Å². The van der Waals surface area contributed by atoms with Crippen molar-refractivity contribution >= 4 is 38.0 Å². The van der Waals surface area contributed by atoms with Crippen molar-refractivity contribution in [3.05, 3.63) is 47.4 Å². The molecule has 0 saturated carbocycles. The number of rotatable bonds is 8. The molecule has 0 radical (unpaired) electrons. The molecule has 1 fully saturated rings. The predicted octanol–water partition coefficient (Wildman–Crippen LogP) is 2.16. The zero-order chi connectivity index (χ0) is 22.7. The summed E-state index contributed by atoms with van der Waals surface area (Å²) >= 11 is 1.53. The van der Waals surface area contributed by atoms with Crippen LogP contribution in [-0.4, -0.2) is 69.3 Å². The molecule has 1 unspecified atom stereocenters. The van der Waals surface area contributed by atoms with Gasteiger partial charge >= 0.3 is 0 Å². The van der Waals surface area contributed by atoms with Crippen LogP contribution in [0.2, 0.25) is 0 Å². The van der Waals surface area contributed by atoms with E-state index in [1.54, 1.807) is 12.1 Å². The van der Waals surface area contributed by atoms with E-state index in [9.17, 15) is 18.4 Å². The second-order valence-corrected chi connectivity index (χ2v) is 10.5. The van der Waals surface area contributed by atoms with Crippen LogP contribution in [0.4, 0.5) is 0 Å². The average Bonchev–Trinajstić information content (AvgIpc) is 3.20. The van der Waals surface area contributed by atoms with Gasteiger partial charge in [-0.1, -0.05) is 6.07 Å². The van der Waals surface area contributed by atoms with Gasteiger partial charge in [0.05, 0.1) is 11.3 Å². The third-order valence-corrected chi connectivity index (χ3v) is 8.40. The lowest BCUT2D eigenvalue weighted by molar-refractivity contribution is -0.159. The van der Waals surface area contributed by atoms with Gasteiger partial charge in [-0.2, -0.15) is 0 Å². The SMILES string of the molecule is Cc1csc2c(OC3CCN(S(=O)(=O)CC(c4cccnc4)N(O)C=O)CC3)ncnc12. The summed E-state index contributed by atoms with van der Waals surface area (Å²) < 4.78 is 34.4. The Morgan fingerprint density at radius 1 is 1.38 bits per heavy atom. The fourth-order valence-electron chi connectivity index (χ4n) is 3.69. The molecule has 3 aromatic rings. The van der Waals surface area contributed by atoms with E-state index in [0.717, 1.165) is 15.8 Å². The number of hydrogen-bond acceptors (Lipinski definition) is 9. The molecule has 12 heteroatoms. The van der Waals surface area contributed by atoms with E-state index in [1.165, 1.54) is 34.4 Å². The van der Waals surface area contributed by atoms with Gasteiger partial charge in [0.25, 0.3) is 0 Å². The van der Waals surface area contributed by atoms with Crippen LogP contribution in [0.1, 0.15) is 30.0 Å². The van der Waals surface area contributed by atoms with E-state index in [2.05, 4.69) is 15.0 Å². The number of pyridine rings is 1. The monoisotopic (exact) mass is 477 g/mol. The van der Waals surface area contributed by atoms with Crippen molar-refractivity contribution in [3.63, 3.8) is 0 Å². The molecule has 1 aliphatic heterocycles. The second-order valence-electron chi connectivity index (χ2n) is 7.56. The highest BCUT2D eigenvalue weighted by atomic mass is 32.2. The van der Waals surface area contributed by atoms with Gasteiger partial charge in [-0.3, -0.25) is 15.0 Å². The third kappa shape index (κ3) is 4.72. The molecule has 4 rings (SSSR count). The number of carbonyl (C=O) groups excluding carboxylic acids is 1. The van der Waals surface area contributed by atoms with E-state index in [4.69, 9.17) is 4.74 Å². The lowest BCUT2D eigenvalue weighted by atomic mass is 10.1. The van der Waals surface area contributed by atoms with Crippen LogP contribution in [0, 0.1) is 6.92 Å². The maximum absolute atomic E-state index is 13.0. The summed E-state index contributed by atoms with van der Waals surface area (Å²) in [6, 6.07) is 2.20. The molecule has 32 heavy (non-hydrogen) atoms. The summed E-state index contributed by atoms with van der Waals surface area (Å²) in [5.74, 6) is 0.0773. The average molecular weight is 478 g/mol. The normalized spacial score (nSPS) is 16.7. The molecule has 1 saturated heterocycles. The Morgan fingerprint density at radius 2 is 2.16 bits per heavy atom. The molecule has 0 aliphatic carbocycles. The maximum atomic E-state index is 13.0. The van der Waals surface area contributed by atoms with Crippen molar-refractivity contribution in [3.8, 4) is 5.88 Å². The number of aromatic nitrogens is 3. The van der Waals surface area contributed by atoms with Crippen molar-refractivity contribution in [2.45, 2.75) is 31.9 Å². The number of ether oxygens (including phenoxy) is 1. The molecule has 0 bridgehead atoms. The molecule has 10 nitrogen and oxygen atoms in total. The Bertz CT molecular complexity index is 1180. The standard InChI is InChI=1S/C20H23N5O5S2/c1-14-10-31-19-18(14)22-12-23-20(19)30-16-4-7-24(8-5-16)32(28,29)11-17(25(27)13-26)15-3-2-6-21-9-15/h2-3,6,9-10,12-13,16-17,27H,4-5,7-8,11H2,1H3. The molecule has 3 aromatic heterocycles. The molecule has 0 spiro atoms. The summed E-state index contributed by atoms with van der Waals surface area (Å²) in [6.45, 7) is 2.53. The van der Waals surface area contributed by atoms with Gasteiger partial charge in [0, 0.05) is 25.5 Å². The highest BCUT2D eigenvalue weighted by Crippen LogP contribution is 2.32. The lowest BCUT2D eigenvalue weighted by Crippen LogP contribution is -2.44. The van der Waals surface area contributed by atoms with Crippen LogP contribution in [0.15, 0.2) is 36.2 Å². The molecular weight excluding hydrogens is 454 g/mol. The molecule has 1 atom stereocenters. The maximum Gasteiger partial charge on any atom is 0.235 e. The Hall–Kier alpha value is -2.67. The van der Waals surface area contributed by atoms with Gasteiger partial charge in [0.15, 0.2) is 0 Å². The Balaban J connectivity index is 1.42. The molecular formula is C20H23N5O5S2. The highest BCUT2D eigenvalue weighted by molar-refractivity contribution is 7.89. The second kappa shape index (κ2) is 9.45. The predicted molar refractivity (Wildman–Crippen MR) is 118 cm³/mol. The van der Waals surface area contributed by atoms with Crippen LogP contribution in [0.25, 0.3) is 10.2 Å². The van der Waals surface area contributed by atoms with Gasteiger partial charge in [-0.25, -0.2) is 27.8 Å². The Labute approximate surface area is 189 Å². The summed E-state index contributed by atoms with van der Waals surface area (Å²) in [6.07, 6.45) is 5.48. The molecule has 1 aliphatic rings. The molecule has 0 aromatic carbocycles. The number of piperidine rings is 1. The first-order valence-corrected chi connectivity index (χ1v) is 12.5. The first-order chi connectivity index (χ1) is 15.4. The van der Waals surface area contributed by atoms with Crippen molar-refractivity contribution in [2.75, 3.05) is 18.8 Å². The van der Waals surface area contributed by atoms with E-state index >= 15 is 0 Å². The van der Waals surface area contributed by atoms with E-state index in [1.807, 2.05) is 12.3 Å². The molecule has 4 heterocycles. The quantitative estimate of drug-likeness (QED) is 0.297. The summed E-state index contributed by atoms with van der Waals surface area (Å²) in [7, 11) is -3.75. The zero-order valence-electron chi connectivity index (χ0n) is 17.4. The zero-order valence-corrected chi connectivity index (χ0v) is 19.0. The number of thiophene rings is 1. The van der Waals surface area contributed by atoms with Gasteiger partial charge in [0.1, 0.15) is 23.2 Å². The van der Waals surface area contributed by atoms with E-state index < -0.39 is 21.8 Å². The van der Waals surface area contributed by atoms with E-state index in [-0.39, 0.29) is 25.6 Å². The van der Waals surface area contributed by atoms with Crippen LogP contribution in [0.5, 0.6) is 5.88 Å². The van der Waals surface area contributed by atoms with Gasteiger partial charge in [0.2, 0.25) is 22.3 Å². The highest BCUT2D eigenvalue weighted by Gasteiger charge is 2.33. The fraction of sp³-hybridized carbons (Fsp3) is 0.400. The number of hydrogen-bond donors (Lipinski definition) is 1. The van der Waals surface area contributed by atoms with Gasteiger partial charge in [-0.05, 0) is 42.3 Å². The van der Waals surface area contributed by atoms with Crippen molar-refractivity contribution in [1.29, 1.82) is 0 Å².